The van der Waals surface area contributed by atoms with Gasteiger partial charge in [-0.25, -0.2) is 0 Å². The molecule has 74 heavy (non-hydrogen) atoms. The molecule has 0 atom stereocenters. The van der Waals surface area contributed by atoms with E-state index < -0.39 is 13.3 Å². The van der Waals surface area contributed by atoms with Gasteiger partial charge in [0.15, 0.2) is 0 Å². The van der Waals surface area contributed by atoms with Crippen molar-refractivity contribution in [2.45, 2.75) is 0 Å². The van der Waals surface area contributed by atoms with Crippen LogP contribution >= 0.6 is 0 Å². The first-order chi connectivity index (χ1) is 36.7. The van der Waals surface area contributed by atoms with Crippen molar-refractivity contribution in [2.75, 3.05) is 4.90 Å². The summed E-state index contributed by atoms with van der Waals surface area (Å²) in [5.74, 6) is 0. The molecule has 0 aliphatic heterocycles. The van der Waals surface area contributed by atoms with E-state index in [9.17, 15) is 0 Å². The number of anilines is 3. The topological polar surface area (TPSA) is 13.1 Å². The smallest absolute Gasteiger partial charge is 0.0616 e. The summed E-state index contributed by atoms with van der Waals surface area (Å²) in [6.07, 6.45) is 0. The fraction of sp³-hybridized carbons (Fsp3) is 0. The maximum absolute atomic E-state index is 3.44. The quantitative estimate of drug-likeness (QED) is 0.124. The number of aromatic nitrogens is 2. The van der Waals surface area contributed by atoms with Crippen LogP contribution in [0.2, 0.25) is 0 Å². The van der Waals surface area contributed by atoms with Gasteiger partial charge in [-0.1, -0.05) is 78.9 Å². The monoisotopic (exact) mass is 1010 g/mol. The van der Waals surface area contributed by atoms with E-state index >= 15 is 0 Å². The van der Waals surface area contributed by atoms with Gasteiger partial charge in [-0.05, 0) is 47.9 Å². The summed E-state index contributed by atoms with van der Waals surface area (Å²) in [7, 11) is 0. The summed E-state index contributed by atoms with van der Waals surface area (Å²) in [6.45, 7) is 0. The first-order valence-electron chi connectivity index (χ1n) is 25.5. The molecule has 0 N–H and O–H groups in total. The first-order valence-corrected chi connectivity index (χ1v) is 29.7. The standard InChI is InChI=1S/C70H49GeN3/c1-6-23-53(24-7-1)71(54-25-8-2-9-26-54,55-27-10-3-11-28-55)56-40-37-50(38-41-56)52-39-44-68-63(47-52)65-49-60(43-46-70(65)74(68)58-31-14-5-15-32-58)72(66-36-20-22-51-21-16-17-33-61(51)66)59-42-45-69-64(48-59)62-34-18-19-35-67(62)73(69)57-29-12-4-13-30-57/h1-49H. The molecule has 0 aliphatic carbocycles. The van der Waals surface area contributed by atoms with E-state index in [1.807, 2.05) is 0 Å². The number of para-hydroxylation sites is 3. The summed E-state index contributed by atoms with van der Waals surface area (Å²) < 4.78 is 10.5. The van der Waals surface area contributed by atoms with E-state index in [2.05, 4.69) is 311 Å². The molecule has 0 aliphatic rings. The Bertz CT molecular complexity index is 4240. The van der Waals surface area contributed by atoms with Crippen molar-refractivity contribution in [3.8, 4) is 22.5 Å². The minimum absolute atomic E-state index is 1.09. The summed E-state index contributed by atoms with van der Waals surface area (Å²) in [6, 6.07) is 110. The van der Waals surface area contributed by atoms with Crippen LogP contribution in [0.15, 0.2) is 297 Å². The molecule has 3 nitrogen and oxygen atoms in total. The number of benzene rings is 12. The Morgan fingerprint density at radius 3 is 1.20 bits per heavy atom. The molecule has 14 aromatic rings. The molecular weight excluding hydrogens is 955 g/mol. The summed E-state index contributed by atoms with van der Waals surface area (Å²) in [5.41, 5.74) is 12.7. The van der Waals surface area contributed by atoms with Gasteiger partial charge >= 0.3 is 272 Å². The van der Waals surface area contributed by atoms with Crippen LogP contribution in [0.25, 0.3) is 76.9 Å². The van der Waals surface area contributed by atoms with Crippen LogP contribution in [0, 0.1) is 0 Å². The van der Waals surface area contributed by atoms with Gasteiger partial charge in [0.1, 0.15) is 0 Å². The summed E-state index contributed by atoms with van der Waals surface area (Å²) in [5, 5.41) is 7.23. The average molecular weight is 1000 g/mol. The van der Waals surface area contributed by atoms with Crippen LogP contribution in [-0.2, 0) is 0 Å². The molecular formula is C70H49GeN3. The fourth-order valence-electron chi connectivity index (χ4n) is 11.9. The van der Waals surface area contributed by atoms with Gasteiger partial charge in [-0.15, -0.1) is 0 Å². The van der Waals surface area contributed by atoms with Crippen LogP contribution in [0.3, 0.4) is 0 Å². The third-order valence-corrected chi connectivity index (χ3v) is 25.3. The van der Waals surface area contributed by atoms with Crippen molar-refractivity contribution in [3.05, 3.63) is 297 Å². The van der Waals surface area contributed by atoms with Crippen LogP contribution in [0.5, 0.6) is 0 Å². The van der Waals surface area contributed by atoms with Crippen LogP contribution in [0.4, 0.5) is 17.1 Å². The zero-order valence-electron chi connectivity index (χ0n) is 40.6. The SMILES string of the molecule is c1ccc(-n2c3ccccc3c3cc(N(c4ccc5c(c4)c4cc(-c6cc[c]([Ge]([c]7ccccc7)([c]7ccccc7)[c]7ccccc7)cc6)ccc4n5-c4ccccc4)c4cccc5ccccc45)ccc32)cc1. The van der Waals surface area contributed by atoms with Crippen LogP contribution < -0.4 is 22.5 Å². The predicted octanol–water partition coefficient (Wildman–Crippen LogP) is 15.5. The second-order valence-electron chi connectivity index (χ2n) is 19.3. The van der Waals surface area contributed by atoms with Gasteiger partial charge in [0.05, 0.1) is 11.0 Å². The molecule has 0 amide bonds. The third kappa shape index (κ3) is 7.11. The first kappa shape index (κ1) is 43.6. The van der Waals surface area contributed by atoms with Crippen molar-refractivity contribution < 1.29 is 0 Å². The molecule has 0 bridgehead atoms. The Labute approximate surface area is 433 Å². The van der Waals surface area contributed by atoms with Gasteiger partial charge in [0, 0.05) is 21.8 Å². The van der Waals surface area contributed by atoms with E-state index in [4.69, 9.17) is 0 Å². The number of fused-ring (bicyclic) bond motifs is 7. The van der Waals surface area contributed by atoms with Gasteiger partial charge in [-0.3, -0.25) is 0 Å². The van der Waals surface area contributed by atoms with Crippen molar-refractivity contribution >= 4 is 102 Å². The van der Waals surface area contributed by atoms with Gasteiger partial charge in [-0.2, -0.15) is 0 Å². The Balaban J connectivity index is 0.964. The normalized spacial score (nSPS) is 11.8. The van der Waals surface area contributed by atoms with Crippen LogP contribution in [0.1, 0.15) is 0 Å². The minimum atomic E-state index is -3.44. The van der Waals surface area contributed by atoms with E-state index in [1.165, 1.54) is 77.6 Å². The Morgan fingerprint density at radius 2 is 0.649 bits per heavy atom. The van der Waals surface area contributed by atoms with Crippen molar-refractivity contribution in [2.24, 2.45) is 0 Å². The second-order valence-corrected chi connectivity index (χ2v) is 27.2. The van der Waals surface area contributed by atoms with Gasteiger partial charge in [0.2, 0.25) is 0 Å². The number of hydrogen-bond donors (Lipinski definition) is 0. The zero-order valence-corrected chi connectivity index (χ0v) is 42.7. The number of hydrogen-bond acceptors (Lipinski definition) is 1. The summed E-state index contributed by atoms with van der Waals surface area (Å²) in [4.78, 5) is 2.47. The predicted molar refractivity (Wildman–Crippen MR) is 316 cm³/mol. The van der Waals surface area contributed by atoms with Gasteiger partial charge < -0.3 is 4.57 Å². The average Bonchev–Trinajstić information content (AvgIpc) is 4.01. The minimum Gasteiger partial charge on any atom is -0.0616 e. The number of nitrogens with zero attached hydrogens (tertiary/aromatic N) is 3. The summed E-state index contributed by atoms with van der Waals surface area (Å²) >= 11 is -3.44. The fourth-order valence-corrected chi connectivity index (χ4v) is 21.9. The van der Waals surface area contributed by atoms with Crippen molar-refractivity contribution in [3.63, 3.8) is 0 Å². The van der Waals surface area contributed by atoms with Crippen LogP contribution in [-0.4, -0.2) is 22.4 Å². The van der Waals surface area contributed by atoms with Crippen molar-refractivity contribution in [1.29, 1.82) is 0 Å². The molecule has 2 heterocycles. The molecule has 0 fully saturated rings. The molecule has 0 spiro atoms. The molecule has 348 valence electrons. The second kappa shape index (κ2) is 18.2. The number of rotatable bonds is 10. The van der Waals surface area contributed by atoms with Gasteiger partial charge in [0.25, 0.3) is 0 Å². The van der Waals surface area contributed by atoms with E-state index in [0.29, 0.717) is 0 Å². The Morgan fingerprint density at radius 1 is 0.257 bits per heavy atom. The molecule has 2 aromatic heterocycles. The molecule has 0 radical (unpaired) electrons. The Hall–Kier alpha value is -9.16. The van der Waals surface area contributed by atoms with E-state index in [-0.39, 0.29) is 0 Å². The third-order valence-electron chi connectivity index (χ3n) is 15.2. The maximum atomic E-state index is 2.47. The zero-order chi connectivity index (χ0) is 49.0. The van der Waals surface area contributed by atoms with Crippen molar-refractivity contribution in [1.82, 2.24) is 9.13 Å². The molecule has 4 heteroatoms. The molecule has 14 rings (SSSR count). The molecule has 12 aromatic carbocycles. The molecule has 0 saturated carbocycles. The van der Waals surface area contributed by atoms with E-state index in [1.54, 1.807) is 0 Å². The Kier molecular flexibility index (Phi) is 10.7. The molecule has 0 unspecified atom stereocenters. The van der Waals surface area contributed by atoms with E-state index in [0.717, 1.165) is 34.0 Å². The molecule has 0 saturated heterocycles.